The van der Waals surface area contributed by atoms with Gasteiger partial charge in [0.05, 0.1) is 19.1 Å². The number of rotatable bonds is 6. The van der Waals surface area contributed by atoms with Gasteiger partial charge in [0.25, 0.3) is 0 Å². The summed E-state index contributed by atoms with van der Waals surface area (Å²) in [7, 11) is 3.39. The van der Waals surface area contributed by atoms with E-state index in [0.29, 0.717) is 36.5 Å². The third-order valence-corrected chi connectivity index (χ3v) is 5.20. The molecule has 11 heteroatoms. The number of likely N-dealkylation sites (N-methyl/N-ethyl adjacent to an activating group) is 1. The summed E-state index contributed by atoms with van der Waals surface area (Å²) in [4.78, 5) is 15.1. The number of ether oxygens (including phenoxy) is 2. The minimum Gasteiger partial charge on any atom is -0.479 e. The van der Waals surface area contributed by atoms with Crippen molar-refractivity contribution in [2.45, 2.75) is 52.4 Å². The smallest absolute Gasteiger partial charge is 0.389 e. The highest BCUT2D eigenvalue weighted by atomic mass is 19.4. The Labute approximate surface area is 203 Å². The number of pyridine rings is 2. The molecule has 0 saturated heterocycles. The van der Waals surface area contributed by atoms with Crippen molar-refractivity contribution in [3.05, 3.63) is 48.0 Å². The third kappa shape index (κ3) is 7.08. The van der Waals surface area contributed by atoms with Crippen LogP contribution in [0.15, 0.2) is 36.8 Å². The molecule has 0 saturated carbocycles. The average molecular weight is 493 g/mol. The molecule has 1 aliphatic rings. The van der Waals surface area contributed by atoms with Crippen molar-refractivity contribution in [2.75, 3.05) is 26.0 Å². The third-order valence-electron chi connectivity index (χ3n) is 5.20. The maximum Gasteiger partial charge on any atom is 0.389 e. The number of fused-ring (bicyclic) bond motifs is 1. The second kappa shape index (κ2) is 11.4. The molecule has 0 fully saturated rings. The molecule has 1 N–H and O–H groups in total. The molecule has 0 aromatic carbocycles. The molecule has 8 nitrogen and oxygen atoms in total. The number of hydrogen-bond acceptors (Lipinski definition) is 7. The van der Waals surface area contributed by atoms with Crippen LogP contribution in [0.5, 0.6) is 11.8 Å². The van der Waals surface area contributed by atoms with Crippen molar-refractivity contribution >= 4 is 11.6 Å². The zero-order chi connectivity index (χ0) is 25.6. The van der Waals surface area contributed by atoms with Gasteiger partial charge in [-0.05, 0) is 44.7 Å². The Kier molecular flexibility index (Phi) is 8.55. The van der Waals surface area contributed by atoms with Crippen LogP contribution in [0.3, 0.4) is 0 Å². The Hall–Kier alpha value is -3.34. The van der Waals surface area contributed by atoms with E-state index in [2.05, 4.69) is 20.3 Å². The van der Waals surface area contributed by atoms with Gasteiger partial charge in [-0.15, -0.1) is 0 Å². The van der Waals surface area contributed by atoms with Crippen LogP contribution in [0.2, 0.25) is 0 Å². The summed E-state index contributed by atoms with van der Waals surface area (Å²) in [6.07, 6.45) is -2.30. The lowest BCUT2D eigenvalue weighted by atomic mass is 10.2. The Morgan fingerprint density at radius 2 is 1.86 bits per heavy atom. The predicted molar refractivity (Wildman–Crippen MR) is 128 cm³/mol. The van der Waals surface area contributed by atoms with Crippen LogP contribution in [0.1, 0.15) is 37.9 Å². The van der Waals surface area contributed by atoms with E-state index in [1.54, 1.807) is 18.5 Å². The van der Waals surface area contributed by atoms with Crippen LogP contribution in [-0.4, -0.2) is 57.4 Å². The fourth-order valence-corrected chi connectivity index (χ4v) is 3.67. The number of hydrogen-bond donors (Lipinski definition) is 1. The van der Waals surface area contributed by atoms with E-state index in [0.717, 1.165) is 16.9 Å². The highest BCUT2D eigenvalue weighted by molar-refractivity contribution is 5.57. The van der Waals surface area contributed by atoms with Gasteiger partial charge in [0.1, 0.15) is 23.4 Å². The maximum atomic E-state index is 12.7. The molecule has 4 rings (SSSR count). The molecular weight excluding hydrogens is 461 g/mol. The number of aromatic nitrogens is 4. The quantitative estimate of drug-likeness (QED) is 0.501. The molecule has 190 valence electrons. The molecular formula is C24H31F3N6O2. The lowest BCUT2D eigenvalue weighted by Gasteiger charge is -2.20. The number of nitrogens with zero attached hydrogens (tertiary/aromatic N) is 5. The van der Waals surface area contributed by atoms with E-state index in [9.17, 15) is 13.2 Å². The van der Waals surface area contributed by atoms with E-state index in [1.807, 2.05) is 55.6 Å². The monoisotopic (exact) mass is 492 g/mol. The van der Waals surface area contributed by atoms with E-state index >= 15 is 0 Å². The summed E-state index contributed by atoms with van der Waals surface area (Å²) in [5.74, 6) is 1.69. The van der Waals surface area contributed by atoms with Crippen molar-refractivity contribution in [2.24, 2.45) is 0 Å². The Morgan fingerprint density at radius 3 is 2.51 bits per heavy atom. The van der Waals surface area contributed by atoms with Gasteiger partial charge in [0.2, 0.25) is 11.8 Å². The van der Waals surface area contributed by atoms with Gasteiger partial charge in [0.15, 0.2) is 0 Å². The first-order valence-corrected chi connectivity index (χ1v) is 11.4. The Morgan fingerprint density at radius 1 is 1.14 bits per heavy atom. The van der Waals surface area contributed by atoms with Crippen LogP contribution >= 0.6 is 0 Å². The van der Waals surface area contributed by atoms with Gasteiger partial charge in [-0.3, -0.25) is 4.90 Å². The van der Waals surface area contributed by atoms with Gasteiger partial charge in [-0.2, -0.15) is 23.1 Å². The fraction of sp³-hybridized carbons (Fsp3) is 0.458. The molecule has 0 radical (unpaired) electrons. The lowest BCUT2D eigenvalue weighted by Crippen LogP contribution is -2.31. The normalized spacial score (nSPS) is 15.8. The first-order valence-electron chi connectivity index (χ1n) is 11.4. The molecule has 0 spiro atoms. The Bertz CT molecular complexity index is 1120. The molecule has 35 heavy (non-hydrogen) atoms. The van der Waals surface area contributed by atoms with Crippen molar-refractivity contribution in [1.82, 2.24) is 24.4 Å². The zero-order valence-electron chi connectivity index (χ0n) is 20.6. The van der Waals surface area contributed by atoms with Gasteiger partial charge in [-0.25, -0.2) is 4.98 Å². The largest absolute Gasteiger partial charge is 0.479 e. The van der Waals surface area contributed by atoms with E-state index in [-0.39, 0.29) is 6.42 Å². The van der Waals surface area contributed by atoms with Crippen molar-refractivity contribution < 1.29 is 22.6 Å². The van der Waals surface area contributed by atoms with E-state index < -0.39 is 18.7 Å². The average Bonchev–Trinajstić information content (AvgIpc) is 3.18. The molecule has 0 amide bonds. The van der Waals surface area contributed by atoms with Crippen LogP contribution < -0.4 is 14.8 Å². The summed E-state index contributed by atoms with van der Waals surface area (Å²) < 4.78 is 51.2. The number of nitrogens with one attached hydrogen (secondary N) is 1. The van der Waals surface area contributed by atoms with Crippen LogP contribution in [-0.2, 0) is 6.54 Å². The summed E-state index contributed by atoms with van der Waals surface area (Å²) >= 11 is 0. The SMILES string of the molecule is CC.COc1nc(Nc2ccc3c(n2)OC(CCC(F)(F)F)CN(C)C3)ccc1-n1cnc(C)c1. The molecule has 3 aromatic heterocycles. The first kappa shape index (κ1) is 26.3. The molecule has 1 atom stereocenters. The summed E-state index contributed by atoms with van der Waals surface area (Å²) in [6, 6.07) is 7.26. The lowest BCUT2D eigenvalue weighted by molar-refractivity contribution is -0.139. The first-order chi connectivity index (χ1) is 16.7. The number of alkyl halides is 3. The topological polar surface area (TPSA) is 77.3 Å². The number of anilines is 2. The molecule has 0 aliphatic carbocycles. The maximum absolute atomic E-state index is 12.7. The molecule has 3 aromatic rings. The Balaban J connectivity index is 0.00000167. The zero-order valence-corrected chi connectivity index (χ0v) is 20.6. The molecule has 4 heterocycles. The van der Waals surface area contributed by atoms with Crippen LogP contribution in [0, 0.1) is 6.92 Å². The molecule has 1 unspecified atom stereocenters. The van der Waals surface area contributed by atoms with Crippen molar-refractivity contribution in [1.29, 1.82) is 0 Å². The van der Waals surface area contributed by atoms with Crippen molar-refractivity contribution in [3.63, 3.8) is 0 Å². The van der Waals surface area contributed by atoms with Gasteiger partial charge >= 0.3 is 6.18 Å². The minimum absolute atomic E-state index is 0.124. The standard InChI is InChI=1S/C22H25F3N6O2.C2H6/c1-14-10-31(13-26-14)17-5-7-19(29-21(17)32-3)27-18-6-4-15-11-30(2)12-16(33-20(15)28-18)8-9-22(23,24)25;1-2/h4-7,10,13,16H,8-9,11-12H2,1-3H3,(H,27,28,29);1-2H3. The van der Waals surface area contributed by atoms with Gasteiger partial charge in [0, 0.05) is 31.3 Å². The van der Waals surface area contributed by atoms with Gasteiger partial charge in [-0.1, -0.05) is 13.8 Å². The summed E-state index contributed by atoms with van der Waals surface area (Å²) in [6.45, 7) is 6.82. The highest BCUT2D eigenvalue weighted by Crippen LogP contribution is 2.30. The summed E-state index contributed by atoms with van der Waals surface area (Å²) in [5.41, 5.74) is 2.42. The van der Waals surface area contributed by atoms with Crippen LogP contribution in [0.4, 0.5) is 24.8 Å². The number of aryl methyl sites for hydroxylation is 1. The highest BCUT2D eigenvalue weighted by Gasteiger charge is 2.31. The number of methoxy groups -OCH3 is 1. The minimum atomic E-state index is -4.22. The van der Waals surface area contributed by atoms with E-state index in [4.69, 9.17) is 9.47 Å². The number of imidazole rings is 1. The second-order valence-corrected chi connectivity index (χ2v) is 8.02. The molecule has 0 bridgehead atoms. The predicted octanol–water partition coefficient (Wildman–Crippen LogP) is 5.28. The summed E-state index contributed by atoms with van der Waals surface area (Å²) in [5, 5.41) is 3.11. The fourth-order valence-electron chi connectivity index (χ4n) is 3.67. The van der Waals surface area contributed by atoms with Crippen molar-refractivity contribution in [3.8, 4) is 17.4 Å². The second-order valence-electron chi connectivity index (χ2n) is 8.02. The number of halogens is 3. The van der Waals surface area contributed by atoms with Crippen LogP contribution in [0.25, 0.3) is 5.69 Å². The van der Waals surface area contributed by atoms with E-state index in [1.165, 1.54) is 7.11 Å². The molecule has 1 aliphatic heterocycles. The van der Waals surface area contributed by atoms with Gasteiger partial charge < -0.3 is 19.4 Å².